The molecule has 1 amide bonds. The minimum Gasteiger partial charge on any atom is -0.327 e. The number of thiazole rings is 1. The predicted molar refractivity (Wildman–Crippen MR) is 74.0 cm³/mol. The Morgan fingerprint density at radius 2 is 2.17 bits per heavy atom. The van der Waals surface area contributed by atoms with Gasteiger partial charge in [-0.1, -0.05) is 0 Å². The predicted octanol–water partition coefficient (Wildman–Crippen LogP) is 1.94. The van der Waals surface area contributed by atoms with Gasteiger partial charge in [-0.05, 0) is 19.3 Å². The van der Waals surface area contributed by atoms with E-state index < -0.39 is 28.8 Å². The molecule has 1 aliphatic rings. The van der Waals surface area contributed by atoms with Crippen molar-refractivity contribution in [1.29, 1.82) is 0 Å². The van der Waals surface area contributed by atoms with Crippen LogP contribution in [0.1, 0.15) is 46.6 Å². The molecular weight excluding hydrogens is 335 g/mol. The Morgan fingerprint density at radius 3 is 2.78 bits per heavy atom. The van der Waals surface area contributed by atoms with E-state index >= 15 is 0 Å². The monoisotopic (exact) mass is 347 g/mol. The van der Waals surface area contributed by atoms with Crippen molar-refractivity contribution in [2.24, 2.45) is 0 Å². The molecule has 0 spiro atoms. The van der Waals surface area contributed by atoms with Gasteiger partial charge in [-0.25, -0.2) is 14.9 Å². The van der Waals surface area contributed by atoms with Gasteiger partial charge in [0.2, 0.25) is 0 Å². The molecule has 3 heterocycles. The third-order valence-corrected chi connectivity index (χ3v) is 4.45. The average Bonchev–Trinajstić information content (AvgIpc) is 3.15. The summed E-state index contributed by atoms with van der Waals surface area (Å²) in [5.74, 6) is -0.292. The minimum atomic E-state index is -4.57. The van der Waals surface area contributed by atoms with E-state index in [0.29, 0.717) is 30.1 Å². The quantitative estimate of drug-likeness (QED) is 0.868. The molecule has 2 aromatic rings. The number of likely N-dealkylation sites (tertiary alicyclic amines) is 1. The number of carbonyl (C=O) groups excluding carboxylic acids is 1. The van der Waals surface area contributed by atoms with Crippen LogP contribution in [0.2, 0.25) is 0 Å². The third kappa shape index (κ3) is 3.14. The lowest BCUT2D eigenvalue weighted by Gasteiger charge is -2.33. The highest BCUT2D eigenvalue weighted by molar-refractivity contribution is 7.09. The second-order valence-electron chi connectivity index (χ2n) is 5.11. The van der Waals surface area contributed by atoms with Gasteiger partial charge in [0.05, 0.1) is 6.04 Å². The summed E-state index contributed by atoms with van der Waals surface area (Å²) in [6.07, 6.45) is -2.44. The van der Waals surface area contributed by atoms with Crippen LogP contribution in [0.15, 0.2) is 10.2 Å². The lowest BCUT2D eigenvalue weighted by Crippen LogP contribution is -2.39. The van der Waals surface area contributed by atoms with Crippen LogP contribution in [-0.2, 0) is 6.18 Å². The van der Waals surface area contributed by atoms with Crippen LogP contribution in [0.3, 0.4) is 0 Å². The molecule has 23 heavy (non-hydrogen) atoms. The second kappa shape index (κ2) is 5.80. The van der Waals surface area contributed by atoms with Crippen molar-refractivity contribution < 1.29 is 18.0 Å². The van der Waals surface area contributed by atoms with Crippen molar-refractivity contribution in [3.8, 4) is 0 Å². The molecule has 1 atom stereocenters. The number of piperidine rings is 1. The van der Waals surface area contributed by atoms with E-state index in [-0.39, 0.29) is 5.69 Å². The number of H-pyrrole nitrogens is 2. The van der Waals surface area contributed by atoms with Crippen LogP contribution in [0.25, 0.3) is 0 Å². The van der Waals surface area contributed by atoms with Gasteiger partial charge in [0.15, 0.2) is 10.8 Å². The first-order chi connectivity index (χ1) is 10.9. The molecule has 0 saturated carbocycles. The molecular formula is C12H12F3N5O2S. The van der Waals surface area contributed by atoms with E-state index in [1.807, 2.05) is 0 Å². The van der Waals surface area contributed by atoms with Crippen molar-refractivity contribution in [1.82, 2.24) is 25.1 Å². The van der Waals surface area contributed by atoms with Crippen LogP contribution < -0.4 is 5.69 Å². The Balaban J connectivity index is 1.87. The van der Waals surface area contributed by atoms with Crippen LogP contribution in [0.4, 0.5) is 13.2 Å². The number of nitrogens with zero attached hydrogens (tertiary/aromatic N) is 3. The molecule has 3 rings (SSSR count). The van der Waals surface area contributed by atoms with Gasteiger partial charge in [0.25, 0.3) is 5.91 Å². The molecule has 7 nitrogen and oxygen atoms in total. The number of aromatic amines is 2. The summed E-state index contributed by atoms with van der Waals surface area (Å²) in [7, 11) is 0. The average molecular weight is 347 g/mol. The summed E-state index contributed by atoms with van der Waals surface area (Å²) in [5.41, 5.74) is -0.738. The van der Waals surface area contributed by atoms with Gasteiger partial charge in [-0.3, -0.25) is 9.78 Å². The maximum atomic E-state index is 12.6. The summed E-state index contributed by atoms with van der Waals surface area (Å²) in [4.78, 5) is 31.0. The summed E-state index contributed by atoms with van der Waals surface area (Å²) in [6.45, 7) is 0.372. The zero-order chi connectivity index (χ0) is 16.6. The molecule has 2 aromatic heterocycles. The van der Waals surface area contributed by atoms with E-state index in [9.17, 15) is 22.8 Å². The fourth-order valence-corrected chi connectivity index (χ4v) is 3.21. The van der Waals surface area contributed by atoms with E-state index in [4.69, 9.17) is 0 Å². The normalized spacial score (nSPS) is 19.1. The fourth-order valence-electron chi connectivity index (χ4n) is 2.55. The summed E-state index contributed by atoms with van der Waals surface area (Å²) in [5, 5.41) is 6.10. The highest BCUT2D eigenvalue weighted by Gasteiger charge is 2.37. The first kappa shape index (κ1) is 15.7. The van der Waals surface area contributed by atoms with Crippen molar-refractivity contribution in [3.05, 3.63) is 32.4 Å². The van der Waals surface area contributed by atoms with Crippen LogP contribution >= 0.6 is 11.3 Å². The smallest absolute Gasteiger partial charge is 0.327 e. The van der Waals surface area contributed by atoms with Crippen LogP contribution in [0.5, 0.6) is 0 Å². The lowest BCUT2D eigenvalue weighted by atomic mass is 10.0. The molecule has 2 N–H and O–H groups in total. The first-order valence-corrected chi connectivity index (χ1v) is 7.72. The number of nitrogens with one attached hydrogen (secondary N) is 2. The molecule has 1 aliphatic heterocycles. The number of amides is 1. The van der Waals surface area contributed by atoms with Gasteiger partial charge in [0.1, 0.15) is 5.69 Å². The van der Waals surface area contributed by atoms with Gasteiger partial charge >= 0.3 is 11.9 Å². The molecule has 0 aromatic carbocycles. The van der Waals surface area contributed by atoms with Gasteiger partial charge in [0, 0.05) is 11.9 Å². The number of rotatable bonds is 2. The zero-order valence-electron chi connectivity index (χ0n) is 11.7. The Kier molecular flexibility index (Phi) is 3.96. The van der Waals surface area contributed by atoms with Crippen LogP contribution in [-0.4, -0.2) is 37.5 Å². The molecule has 0 bridgehead atoms. The zero-order valence-corrected chi connectivity index (χ0v) is 12.5. The largest absolute Gasteiger partial charge is 0.443 e. The number of aromatic nitrogens is 4. The summed E-state index contributed by atoms with van der Waals surface area (Å²) in [6, 6.07) is -0.480. The Labute approximate surface area is 131 Å². The molecule has 0 aliphatic carbocycles. The standard InChI is InChI=1S/C12H12F3N5O2S/c13-12(14,15)10-16-6(5-23-10)9(21)20-4-2-1-3-7(20)8-17-11(22)19-18-8/h5,7H,1-4H2,(H2,17,18,19,22). The van der Waals surface area contributed by atoms with E-state index in [1.54, 1.807) is 0 Å². The van der Waals surface area contributed by atoms with Crippen LogP contribution in [0, 0.1) is 0 Å². The SMILES string of the molecule is O=C(c1csc(C(F)(F)F)n1)N1CCCCC1c1n[nH]c(=O)[nH]1. The molecule has 1 saturated heterocycles. The Hall–Kier alpha value is -2.17. The number of hydrogen-bond acceptors (Lipinski definition) is 5. The van der Waals surface area contributed by atoms with Crippen molar-refractivity contribution in [3.63, 3.8) is 0 Å². The number of carbonyl (C=O) groups is 1. The maximum Gasteiger partial charge on any atom is 0.443 e. The topological polar surface area (TPSA) is 94.7 Å². The fraction of sp³-hybridized carbons (Fsp3) is 0.500. The van der Waals surface area contributed by atoms with E-state index in [2.05, 4.69) is 20.2 Å². The number of alkyl halides is 3. The summed E-state index contributed by atoms with van der Waals surface area (Å²) >= 11 is 0.387. The van der Waals surface area contributed by atoms with Gasteiger partial charge < -0.3 is 4.90 Å². The van der Waals surface area contributed by atoms with Gasteiger partial charge in [-0.2, -0.15) is 18.3 Å². The minimum absolute atomic E-state index is 0.243. The van der Waals surface area contributed by atoms with Crippen molar-refractivity contribution in [2.45, 2.75) is 31.5 Å². The lowest BCUT2D eigenvalue weighted by molar-refractivity contribution is -0.137. The Bertz CT molecular complexity index is 765. The van der Waals surface area contributed by atoms with E-state index in [0.717, 1.165) is 18.2 Å². The highest BCUT2D eigenvalue weighted by atomic mass is 32.1. The Morgan fingerprint density at radius 1 is 1.39 bits per heavy atom. The first-order valence-electron chi connectivity index (χ1n) is 6.84. The van der Waals surface area contributed by atoms with Crippen molar-refractivity contribution >= 4 is 17.2 Å². The van der Waals surface area contributed by atoms with Crippen molar-refractivity contribution in [2.75, 3.05) is 6.54 Å². The molecule has 11 heteroatoms. The number of halogens is 3. The summed E-state index contributed by atoms with van der Waals surface area (Å²) < 4.78 is 37.9. The number of hydrogen-bond donors (Lipinski definition) is 2. The molecule has 1 unspecified atom stereocenters. The third-order valence-electron chi connectivity index (χ3n) is 3.56. The molecule has 1 fully saturated rings. The molecule has 0 radical (unpaired) electrons. The second-order valence-corrected chi connectivity index (χ2v) is 5.97. The van der Waals surface area contributed by atoms with E-state index in [1.165, 1.54) is 4.90 Å². The highest BCUT2D eigenvalue weighted by Crippen LogP contribution is 2.33. The van der Waals surface area contributed by atoms with Gasteiger partial charge in [-0.15, -0.1) is 11.3 Å². The molecule has 124 valence electrons. The maximum absolute atomic E-state index is 12.6.